The molecule has 3 aromatic carbocycles. The summed E-state index contributed by atoms with van der Waals surface area (Å²) in [5, 5.41) is 21.5. The maximum absolute atomic E-state index is 13.1. The van der Waals surface area contributed by atoms with E-state index in [0.29, 0.717) is 49.0 Å². The fraction of sp³-hybridized carbons (Fsp3) is 0.0417. The third-order valence-electron chi connectivity index (χ3n) is 5.35. The Kier molecular flexibility index (Phi) is 6.60. The number of hydrogen-bond donors (Lipinski definition) is 4. The number of benzene rings is 3. The molecule has 36 heavy (non-hydrogen) atoms. The zero-order valence-corrected chi connectivity index (χ0v) is 20.5. The molecular formula is C24H16Cl3N7O2. The van der Waals surface area contributed by atoms with Crippen molar-refractivity contribution in [3.8, 4) is 11.4 Å². The van der Waals surface area contributed by atoms with E-state index in [0.717, 1.165) is 10.9 Å². The molecule has 0 saturated heterocycles. The van der Waals surface area contributed by atoms with Crippen molar-refractivity contribution in [2.45, 2.75) is 6.42 Å². The number of amides is 2. The average molecular weight is 541 g/mol. The molecule has 0 spiro atoms. The Labute approximate surface area is 219 Å². The van der Waals surface area contributed by atoms with E-state index in [1.807, 2.05) is 6.07 Å². The van der Waals surface area contributed by atoms with E-state index in [4.69, 9.17) is 34.8 Å². The first kappa shape index (κ1) is 23.8. The largest absolute Gasteiger partial charge is 0.349 e. The van der Waals surface area contributed by atoms with Gasteiger partial charge in [0.05, 0.1) is 33.4 Å². The first-order valence-corrected chi connectivity index (χ1v) is 11.7. The highest BCUT2D eigenvalue weighted by Crippen LogP contribution is 2.30. The van der Waals surface area contributed by atoms with Gasteiger partial charge in [0.25, 0.3) is 5.91 Å². The molecule has 0 aliphatic carbocycles. The third kappa shape index (κ3) is 5.03. The van der Waals surface area contributed by atoms with Crippen LogP contribution in [0.25, 0.3) is 22.3 Å². The van der Waals surface area contributed by atoms with Gasteiger partial charge in [0.2, 0.25) is 5.91 Å². The van der Waals surface area contributed by atoms with Crippen LogP contribution in [-0.2, 0) is 11.2 Å². The topological polar surface area (TPSA) is 128 Å². The van der Waals surface area contributed by atoms with Crippen molar-refractivity contribution >= 4 is 68.9 Å². The average Bonchev–Trinajstić information content (AvgIpc) is 3.53. The maximum Gasteiger partial charge on any atom is 0.272 e. The zero-order chi connectivity index (χ0) is 25.2. The molecule has 2 amide bonds. The Morgan fingerprint density at radius 3 is 2.53 bits per heavy atom. The summed E-state index contributed by atoms with van der Waals surface area (Å²) in [6.07, 6.45) is 0.108. The quantitative estimate of drug-likeness (QED) is 0.218. The number of hydrogen-bond acceptors (Lipinski definition) is 5. The maximum atomic E-state index is 13.1. The molecule has 0 aliphatic rings. The predicted molar refractivity (Wildman–Crippen MR) is 140 cm³/mol. The van der Waals surface area contributed by atoms with Gasteiger partial charge < -0.3 is 15.6 Å². The second-order valence-corrected chi connectivity index (χ2v) is 9.07. The van der Waals surface area contributed by atoms with Crippen LogP contribution in [0.5, 0.6) is 0 Å². The number of fused-ring (bicyclic) bond motifs is 1. The number of carbonyl (C=O) groups excluding carboxylic acids is 2. The van der Waals surface area contributed by atoms with E-state index in [1.54, 1.807) is 54.6 Å². The highest BCUT2D eigenvalue weighted by Gasteiger charge is 2.17. The second-order valence-electron chi connectivity index (χ2n) is 7.82. The van der Waals surface area contributed by atoms with Crippen molar-refractivity contribution in [1.82, 2.24) is 25.6 Å². The van der Waals surface area contributed by atoms with Crippen LogP contribution in [0.3, 0.4) is 0 Å². The number of nitrogens with zero attached hydrogens (tertiary/aromatic N) is 3. The van der Waals surface area contributed by atoms with Crippen LogP contribution in [0, 0.1) is 0 Å². The molecule has 0 radical (unpaired) electrons. The number of H-pyrrole nitrogens is 2. The second kappa shape index (κ2) is 9.98. The molecule has 180 valence electrons. The lowest BCUT2D eigenvalue weighted by Gasteiger charge is -2.09. The Morgan fingerprint density at radius 2 is 1.75 bits per heavy atom. The van der Waals surface area contributed by atoms with Crippen LogP contribution in [0.2, 0.25) is 15.1 Å². The number of tetrazole rings is 1. The minimum Gasteiger partial charge on any atom is -0.349 e. The van der Waals surface area contributed by atoms with Gasteiger partial charge in [-0.1, -0.05) is 53.0 Å². The van der Waals surface area contributed by atoms with E-state index >= 15 is 0 Å². The molecule has 4 N–H and O–H groups in total. The number of rotatable bonds is 6. The Hall–Kier alpha value is -3.92. The molecule has 0 atom stereocenters. The summed E-state index contributed by atoms with van der Waals surface area (Å²) in [6.45, 7) is 0. The van der Waals surface area contributed by atoms with Crippen LogP contribution in [-0.4, -0.2) is 37.4 Å². The number of halogens is 3. The van der Waals surface area contributed by atoms with Crippen molar-refractivity contribution in [1.29, 1.82) is 0 Å². The van der Waals surface area contributed by atoms with Crippen molar-refractivity contribution in [2.75, 3.05) is 10.6 Å². The number of nitrogens with one attached hydrogen (secondary N) is 4. The van der Waals surface area contributed by atoms with E-state index < -0.39 is 5.91 Å². The summed E-state index contributed by atoms with van der Waals surface area (Å²) in [5.41, 5.74) is 3.18. The van der Waals surface area contributed by atoms with Gasteiger partial charge in [0.15, 0.2) is 5.82 Å². The SMILES string of the molecule is O=C(Cc1ccc(Cl)c(Cl)c1)Nc1cccc2cc(C(=O)Nc3ccc(Cl)cc3-c3nnn[nH]3)[nH]c12. The van der Waals surface area contributed by atoms with Gasteiger partial charge in [-0.05, 0) is 58.5 Å². The van der Waals surface area contributed by atoms with E-state index in [-0.39, 0.29) is 12.3 Å². The van der Waals surface area contributed by atoms with Crippen molar-refractivity contribution in [3.63, 3.8) is 0 Å². The Morgan fingerprint density at radius 1 is 0.889 bits per heavy atom. The molecule has 0 saturated carbocycles. The van der Waals surface area contributed by atoms with Gasteiger partial charge in [0, 0.05) is 16.0 Å². The predicted octanol–water partition coefficient (Wildman–Crippen LogP) is 5.74. The third-order valence-corrected chi connectivity index (χ3v) is 6.33. The van der Waals surface area contributed by atoms with Crippen LogP contribution in [0.4, 0.5) is 11.4 Å². The number of anilines is 2. The molecule has 9 nitrogen and oxygen atoms in total. The summed E-state index contributed by atoms with van der Waals surface area (Å²) in [5.74, 6) is -0.278. The Balaban J connectivity index is 1.37. The zero-order valence-electron chi connectivity index (χ0n) is 18.3. The van der Waals surface area contributed by atoms with Gasteiger partial charge >= 0.3 is 0 Å². The smallest absolute Gasteiger partial charge is 0.272 e. The number of para-hydroxylation sites is 1. The highest BCUT2D eigenvalue weighted by atomic mass is 35.5. The normalized spacial score (nSPS) is 11.0. The lowest BCUT2D eigenvalue weighted by atomic mass is 10.1. The molecule has 0 aliphatic heterocycles. The first-order valence-electron chi connectivity index (χ1n) is 10.6. The molecule has 0 bridgehead atoms. The Bertz CT molecular complexity index is 1600. The van der Waals surface area contributed by atoms with Gasteiger partial charge in [0.1, 0.15) is 5.69 Å². The molecule has 5 aromatic rings. The van der Waals surface area contributed by atoms with Crippen LogP contribution in [0.1, 0.15) is 16.1 Å². The molecule has 0 unspecified atom stereocenters. The standard InChI is InChI=1S/C24H16Cl3N7O2/c25-14-5-7-18(15(11-14)23-31-33-34-32-23)30-24(36)20-10-13-2-1-3-19(22(13)29-20)28-21(35)9-12-4-6-16(26)17(27)8-12/h1-8,10-11,29H,9H2,(H,28,35)(H,30,36)(H,31,32,33,34). The van der Waals surface area contributed by atoms with E-state index in [1.165, 1.54) is 0 Å². The van der Waals surface area contributed by atoms with Crippen molar-refractivity contribution in [2.24, 2.45) is 0 Å². The molecule has 0 fully saturated rings. The first-order chi connectivity index (χ1) is 17.4. The highest BCUT2D eigenvalue weighted by molar-refractivity contribution is 6.42. The summed E-state index contributed by atoms with van der Waals surface area (Å²) in [4.78, 5) is 28.8. The minimum absolute atomic E-state index is 0.108. The van der Waals surface area contributed by atoms with E-state index in [9.17, 15) is 9.59 Å². The van der Waals surface area contributed by atoms with Crippen molar-refractivity contribution in [3.05, 3.63) is 87.0 Å². The van der Waals surface area contributed by atoms with Gasteiger partial charge in [-0.15, -0.1) is 5.10 Å². The molecule has 2 heterocycles. The van der Waals surface area contributed by atoms with Gasteiger partial charge in [-0.25, -0.2) is 5.10 Å². The molecule has 2 aromatic heterocycles. The summed E-state index contributed by atoms with van der Waals surface area (Å²) in [6, 6.07) is 17.1. The van der Waals surface area contributed by atoms with Crippen LogP contribution >= 0.6 is 34.8 Å². The fourth-order valence-electron chi connectivity index (χ4n) is 3.70. The summed E-state index contributed by atoms with van der Waals surface area (Å²) >= 11 is 18.1. The van der Waals surface area contributed by atoms with E-state index in [2.05, 4.69) is 36.2 Å². The summed E-state index contributed by atoms with van der Waals surface area (Å²) in [7, 11) is 0. The molecule has 5 rings (SSSR count). The van der Waals surface area contributed by atoms with Gasteiger partial charge in [-0.2, -0.15) is 0 Å². The molecular weight excluding hydrogens is 525 g/mol. The van der Waals surface area contributed by atoms with Gasteiger partial charge in [-0.3, -0.25) is 9.59 Å². The number of aromatic nitrogens is 5. The van der Waals surface area contributed by atoms with Crippen LogP contribution < -0.4 is 10.6 Å². The number of aromatic amines is 2. The molecule has 12 heteroatoms. The fourth-order valence-corrected chi connectivity index (χ4v) is 4.19. The number of carbonyl (C=O) groups is 2. The lowest BCUT2D eigenvalue weighted by molar-refractivity contribution is -0.115. The minimum atomic E-state index is -0.393. The summed E-state index contributed by atoms with van der Waals surface area (Å²) < 4.78 is 0. The monoisotopic (exact) mass is 539 g/mol. The van der Waals surface area contributed by atoms with Crippen LogP contribution in [0.15, 0.2) is 60.7 Å². The van der Waals surface area contributed by atoms with Crippen molar-refractivity contribution < 1.29 is 9.59 Å². The lowest BCUT2D eigenvalue weighted by Crippen LogP contribution is -2.15.